The Balaban J connectivity index is 2.42. The molecule has 1 nitrogen and oxygen atoms in total. The van der Waals surface area contributed by atoms with Crippen molar-refractivity contribution in [1.82, 2.24) is 0 Å². The Morgan fingerprint density at radius 3 is 2.61 bits per heavy atom. The van der Waals surface area contributed by atoms with Crippen LogP contribution in [0.4, 0.5) is 4.39 Å². The first kappa shape index (κ1) is 15.5. The molecular weight excluding hydrogens is 247 g/mol. The zero-order valence-corrected chi connectivity index (χ0v) is 12.3. The molecule has 3 heteroatoms. The van der Waals surface area contributed by atoms with Crippen molar-refractivity contribution in [2.45, 2.75) is 38.4 Å². The van der Waals surface area contributed by atoms with E-state index in [1.807, 2.05) is 17.8 Å². The third-order valence-electron chi connectivity index (χ3n) is 2.73. The quantitative estimate of drug-likeness (QED) is 0.846. The van der Waals surface area contributed by atoms with Gasteiger partial charge in [0.2, 0.25) is 0 Å². The van der Waals surface area contributed by atoms with Crippen molar-refractivity contribution in [1.29, 1.82) is 0 Å². The lowest BCUT2D eigenvalue weighted by molar-refractivity contribution is 0.222. The van der Waals surface area contributed by atoms with Crippen LogP contribution >= 0.6 is 11.8 Å². The molecule has 0 aliphatic heterocycles. The Kier molecular flexibility index (Phi) is 6.16. The van der Waals surface area contributed by atoms with E-state index in [0.717, 1.165) is 24.2 Å². The maximum Gasteiger partial charge on any atom is 0.123 e. The van der Waals surface area contributed by atoms with Gasteiger partial charge in [-0.05, 0) is 42.2 Å². The molecule has 1 unspecified atom stereocenters. The van der Waals surface area contributed by atoms with Gasteiger partial charge in [-0.2, -0.15) is 11.8 Å². The van der Waals surface area contributed by atoms with Gasteiger partial charge in [0.15, 0.2) is 0 Å². The van der Waals surface area contributed by atoms with E-state index in [4.69, 9.17) is 0 Å². The minimum Gasteiger partial charge on any atom is -0.396 e. The first-order valence-electron chi connectivity index (χ1n) is 6.40. The van der Waals surface area contributed by atoms with E-state index in [-0.39, 0.29) is 23.1 Å². The first-order chi connectivity index (χ1) is 8.40. The smallest absolute Gasteiger partial charge is 0.123 e. The molecule has 0 amide bonds. The zero-order chi connectivity index (χ0) is 13.6. The predicted molar refractivity (Wildman–Crippen MR) is 77.5 cm³/mol. The number of thioether (sulfide) groups is 1. The average Bonchev–Trinajstić information content (AvgIpc) is 2.26. The number of hydrogen-bond donors (Lipinski definition) is 1. The molecule has 0 aliphatic carbocycles. The summed E-state index contributed by atoms with van der Waals surface area (Å²) in [6.45, 7) is 6.75. The number of benzene rings is 1. The van der Waals surface area contributed by atoms with Crippen LogP contribution in [0.1, 0.15) is 32.8 Å². The summed E-state index contributed by atoms with van der Waals surface area (Å²) in [6.07, 6.45) is 1.72. The highest BCUT2D eigenvalue weighted by Crippen LogP contribution is 2.25. The summed E-state index contributed by atoms with van der Waals surface area (Å²) >= 11 is 1.91. The van der Waals surface area contributed by atoms with Crippen LogP contribution in [0.5, 0.6) is 0 Å². The second-order valence-electron chi connectivity index (χ2n) is 5.63. The lowest BCUT2D eigenvalue weighted by Gasteiger charge is -2.20. The molecule has 0 spiro atoms. The molecule has 0 aromatic heterocycles. The van der Waals surface area contributed by atoms with Gasteiger partial charge in [0.05, 0.1) is 0 Å². The fourth-order valence-corrected chi connectivity index (χ4v) is 2.85. The first-order valence-corrected chi connectivity index (χ1v) is 7.38. The van der Waals surface area contributed by atoms with Crippen LogP contribution in [-0.4, -0.2) is 22.2 Å². The van der Waals surface area contributed by atoms with Gasteiger partial charge >= 0.3 is 0 Å². The van der Waals surface area contributed by atoms with Crippen molar-refractivity contribution < 1.29 is 9.50 Å². The van der Waals surface area contributed by atoms with Gasteiger partial charge in [0.25, 0.3) is 0 Å². The van der Waals surface area contributed by atoms with E-state index in [9.17, 15) is 9.50 Å². The van der Waals surface area contributed by atoms with Crippen LogP contribution in [0.2, 0.25) is 0 Å². The number of halogens is 1. The number of hydrogen-bond acceptors (Lipinski definition) is 2. The Hall–Kier alpha value is -0.540. The molecule has 18 heavy (non-hydrogen) atoms. The molecule has 0 bridgehead atoms. The Labute approximate surface area is 114 Å². The molecule has 0 saturated carbocycles. The summed E-state index contributed by atoms with van der Waals surface area (Å²) in [6, 6.07) is 6.65. The molecule has 0 aliphatic rings. The summed E-state index contributed by atoms with van der Waals surface area (Å²) < 4.78 is 13.3. The van der Waals surface area contributed by atoms with E-state index in [1.165, 1.54) is 6.07 Å². The predicted octanol–water partition coefficient (Wildman–Crippen LogP) is 3.90. The summed E-state index contributed by atoms with van der Waals surface area (Å²) in [5.74, 6) is 1.05. The van der Waals surface area contributed by atoms with Crippen LogP contribution in [0, 0.1) is 11.7 Å². The van der Waals surface area contributed by atoms with Gasteiger partial charge in [-0.15, -0.1) is 0 Å². The number of rotatable bonds is 6. The SMILES string of the molecule is CC(C)(C)SCCC(CO)Cc1cccc(F)c1. The minimum atomic E-state index is -0.201. The van der Waals surface area contributed by atoms with Gasteiger partial charge in [-0.1, -0.05) is 32.9 Å². The number of aliphatic hydroxyl groups excluding tert-OH is 1. The van der Waals surface area contributed by atoms with E-state index in [0.29, 0.717) is 0 Å². The normalized spacial score (nSPS) is 13.6. The highest BCUT2D eigenvalue weighted by atomic mass is 32.2. The second-order valence-corrected chi connectivity index (χ2v) is 7.55. The van der Waals surface area contributed by atoms with Crippen molar-refractivity contribution in [3.8, 4) is 0 Å². The van der Waals surface area contributed by atoms with Crippen LogP contribution in [0.3, 0.4) is 0 Å². The topological polar surface area (TPSA) is 20.2 Å². The van der Waals surface area contributed by atoms with Gasteiger partial charge in [-0.25, -0.2) is 4.39 Å². The van der Waals surface area contributed by atoms with Crippen molar-refractivity contribution in [3.05, 3.63) is 35.6 Å². The van der Waals surface area contributed by atoms with Crippen LogP contribution < -0.4 is 0 Å². The molecule has 1 rings (SSSR count). The van der Waals surface area contributed by atoms with Crippen molar-refractivity contribution in [2.75, 3.05) is 12.4 Å². The summed E-state index contributed by atoms with van der Waals surface area (Å²) in [5.41, 5.74) is 0.967. The monoisotopic (exact) mass is 270 g/mol. The zero-order valence-electron chi connectivity index (χ0n) is 11.4. The number of aliphatic hydroxyl groups is 1. The molecule has 1 N–H and O–H groups in total. The largest absolute Gasteiger partial charge is 0.396 e. The van der Waals surface area contributed by atoms with E-state index in [1.54, 1.807) is 12.1 Å². The fourth-order valence-electron chi connectivity index (χ4n) is 1.79. The van der Waals surface area contributed by atoms with E-state index < -0.39 is 0 Å². The van der Waals surface area contributed by atoms with Gasteiger partial charge in [0.1, 0.15) is 5.82 Å². The summed E-state index contributed by atoms with van der Waals surface area (Å²) in [7, 11) is 0. The third kappa shape index (κ3) is 6.41. The van der Waals surface area contributed by atoms with E-state index >= 15 is 0 Å². The van der Waals surface area contributed by atoms with Crippen LogP contribution in [0.25, 0.3) is 0 Å². The molecule has 0 radical (unpaired) electrons. The molecule has 0 fully saturated rings. The standard InChI is InChI=1S/C15H23FOS/c1-15(2,3)18-8-7-13(11-17)9-12-5-4-6-14(16)10-12/h4-6,10,13,17H,7-9,11H2,1-3H3. The lowest BCUT2D eigenvalue weighted by Crippen LogP contribution is -2.14. The van der Waals surface area contributed by atoms with E-state index in [2.05, 4.69) is 20.8 Å². The van der Waals surface area contributed by atoms with Crippen LogP contribution in [-0.2, 0) is 6.42 Å². The van der Waals surface area contributed by atoms with Crippen LogP contribution in [0.15, 0.2) is 24.3 Å². The maximum atomic E-state index is 13.1. The Morgan fingerprint density at radius 1 is 1.33 bits per heavy atom. The molecule has 1 aromatic rings. The van der Waals surface area contributed by atoms with Crippen molar-refractivity contribution in [2.24, 2.45) is 5.92 Å². The van der Waals surface area contributed by atoms with Gasteiger partial charge < -0.3 is 5.11 Å². The Morgan fingerprint density at radius 2 is 2.06 bits per heavy atom. The Bertz CT molecular complexity index is 360. The highest BCUT2D eigenvalue weighted by Gasteiger charge is 2.13. The lowest BCUT2D eigenvalue weighted by atomic mass is 9.98. The fraction of sp³-hybridized carbons (Fsp3) is 0.600. The molecule has 1 aromatic carbocycles. The molecule has 102 valence electrons. The molecule has 0 saturated heterocycles. The molecule has 0 heterocycles. The summed E-state index contributed by atoms with van der Waals surface area (Å²) in [4.78, 5) is 0. The van der Waals surface area contributed by atoms with Gasteiger partial charge in [-0.3, -0.25) is 0 Å². The maximum absolute atomic E-state index is 13.1. The van der Waals surface area contributed by atoms with Crippen molar-refractivity contribution >= 4 is 11.8 Å². The molecular formula is C15H23FOS. The second kappa shape index (κ2) is 7.15. The highest BCUT2D eigenvalue weighted by molar-refractivity contribution is 8.00. The summed E-state index contributed by atoms with van der Waals surface area (Å²) in [5, 5.41) is 9.38. The third-order valence-corrected chi connectivity index (χ3v) is 4.04. The van der Waals surface area contributed by atoms with Crippen molar-refractivity contribution in [3.63, 3.8) is 0 Å². The minimum absolute atomic E-state index is 0.168. The molecule has 1 atom stereocenters. The average molecular weight is 270 g/mol. The van der Waals surface area contributed by atoms with Gasteiger partial charge in [0, 0.05) is 11.4 Å².